The molecule has 0 aromatic carbocycles. The summed E-state index contributed by atoms with van der Waals surface area (Å²) in [6.45, 7) is 2.16. The van der Waals surface area contributed by atoms with Crippen molar-refractivity contribution in [2.75, 3.05) is 0 Å². The highest BCUT2D eigenvalue weighted by Crippen LogP contribution is 2.30. The minimum Gasteiger partial charge on any atom is -0.261 e. The molecule has 1 aromatic heterocycles. The van der Waals surface area contributed by atoms with Crippen LogP contribution in [-0.4, -0.2) is 4.98 Å². The van der Waals surface area contributed by atoms with E-state index in [4.69, 9.17) is 0 Å². The first-order valence-corrected chi connectivity index (χ1v) is 5.27. The zero-order chi connectivity index (χ0) is 9.10. The Kier molecular flexibility index (Phi) is 2.62. The predicted octanol–water partition coefficient (Wildman–Crippen LogP) is 3.12. The van der Waals surface area contributed by atoms with E-state index in [0.29, 0.717) is 0 Å². The SMILES string of the molecule is Cc1cccnc1CCC1CCC1. The second-order valence-corrected chi connectivity index (χ2v) is 4.10. The summed E-state index contributed by atoms with van der Waals surface area (Å²) in [4.78, 5) is 4.41. The standard InChI is InChI=1S/C12H17N/c1-10-4-3-9-13-12(10)8-7-11-5-2-6-11/h3-4,9,11H,2,5-8H2,1H3. The molecule has 0 N–H and O–H groups in total. The largest absolute Gasteiger partial charge is 0.261 e. The van der Waals surface area contributed by atoms with Gasteiger partial charge in [-0.05, 0) is 37.3 Å². The Hall–Kier alpha value is -0.850. The third-order valence-corrected chi connectivity index (χ3v) is 3.13. The first kappa shape index (κ1) is 8.74. The summed E-state index contributed by atoms with van der Waals surface area (Å²) in [5.74, 6) is 1.00. The van der Waals surface area contributed by atoms with Gasteiger partial charge in [-0.1, -0.05) is 25.3 Å². The van der Waals surface area contributed by atoms with E-state index in [1.807, 2.05) is 12.3 Å². The normalized spacial score (nSPS) is 17.0. The van der Waals surface area contributed by atoms with Gasteiger partial charge in [0.25, 0.3) is 0 Å². The Morgan fingerprint density at radius 1 is 1.46 bits per heavy atom. The lowest BCUT2D eigenvalue weighted by Gasteiger charge is -2.25. The van der Waals surface area contributed by atoms with E-state index in [0.717, 1.165) is 5.92 Å². The fourth-order valence-electron chi connectivity index (χ4n) is 1.90. The fraction of sp³-hybridized carbons (Fsp3) is 0.583. The van der Waals surface area contributed by atoms with E-state index >= 15 is 0 Å². The molecule has 1 heterocycles. The number of hydrogen-bond donors (Lipinski definition) is 0. The molecule has 0 bridgehead atoms. The second-order valence-electron chi connectivity index (χ2n) is 4.10. The van der Waals surface area contributed by atoms with Crippen LogP contribution in [0.25, 0.3) is 0 Å². The maximum Gasteiger partial charge on any atom is 0.0432 e. The predicted molar refractivity (Wildman–Crippen MR) is 54.6 cm³/mol. The van der Waals surface area contributed by atoms with Crippen LogP contribution in [0.2, 0.25) is 0 Å². The summed E-state index contributed by atoms with van der Waals surface area (Å²) in [6.07, 6.45) is 8.78. The molecule has 1 fully saturated rings. The molecular weight excluding hydrogens is 158 g/mol. The van der Waals surface area contributed by atoms with Gasteiger partial charge in [-0.25, -0.2) is 0 Å². The van der Waals surface area contributed by atoms with E-state index < -0.39 is 0 Å². The van der Waals surface area contributed by atoms with Crippen LogP contribution in [0.1, 0.15) is 36.9 Å². The van der Waals surface area contributed by atoms with Gasteiger partial charge in [0, 0.05) is 11.9 Å². The van der Waals surface area contributed by atoms with Crippen LogP contribution >= 0.6 is 0 Å². The van der Waals surface area contributed by atoms with Crippen LogP contribution in [0.5, 0.6) is 0 Å². The molecule has 2 rings (SSSR count). The van der Waals surface area contributed by atoms with Crippen LogP contribution in [0.4, 0.5) is 0 Å². The molecule has 1 aromatic rings. The lowest BCUT2D eigenvalue weighted by Crippen LogP contribution is -2.12. The molecule has 1 aliphatic rings. The maximum absolute atomic E-state index is 4.41. The van der Waals surface area contributed by atoms with E-state index in [-0.39, 0.29) is 0 Å². The summed E-state index contributed by atoms with van der Waals surface area (Å²) in [6, 6.07) is 4.17. The van der Waals surface area contributed by atoms with E-state index in [2.05, 4.69) is 18.0 Å². The van der Waals surface area contributed by atoms with Gasteiger partial charge >= 0.3 is 0 Å². The molecule has 0 atom stereocenters. The van der Waals surface area contributed by atoms with E-state index in [9.17, 15) is 0 Å². The Bertz CT molecular complexity index is 276. The molecular formula is C12H17N. The molecule has 1 heteroatoms. The van der Waals surface area contributed by atoms with Crippen molar-refractivity contribution < 1.29 is 0 Å². The van der Waals surface area contributed by atoms with Crippen molar-refractivity contribution in [1.82, 2.24) is 4.98 Å². The van der Waals surface area contributed by atoms with Gasteiger partial charge < -0.3 is 0 Å². The number of aromatic nitrogens is 1. The molecule has 13 heavy (non-hydrogen) atoms. The zero-order valence-corrected chi connectivity index (χ0v) is 8.29. The van der Waals surface area contributed by atoms with Gasteiger partial charge in [-0.3, -0.25) is 4.98 Å². The average molecular weight is 175 g/mol. The van der Waals surface area contributed by atoms with Crippen molar-refractivity contribution in [1.29, 1.82) is 0 Å². The van der Waals surface area contributed by atoms with Crippen LogP contribution in [0, 0.1) is 12.8 Å². The molecule has 1 aliphatic carbocycles. The van der Waals surface area contributed by atoms with Crippen molar-refractivity contribution in [3.8, 4) is 0 Å². The quantitative estimate of drug-likeness (QED) is 0.687. The minimum atomic E-state index is 1.00. The van der Waals surface area contributed by atoms with Gasteiger partial charge in [0.05, 0.1) is 0 Å². The Morgan fingerprint density at radius 3 is 2.92 bits per heavy atom. The van der Waals surface area contributed by atoms with Crippen molar-refractivity contribution >= 4 is 0 Å². The number of rotatable bonds is 3. The molecule has 0 unspecified atom stereocenters. The molecule has 0 amide bonds. The van der Waals surface area contributed by atoms with Crippen molar-refractivity contribution in [3.05, 3.63) is 29.6 Å². The van der Waals surface area contributed by atoms with Gasteiger partial charge in [0.1, 0.15) is 0 Å². The Labute approximate surface area is 80.2 Å². The van der Waals surface area contributed by atoms with E-state index in [1.165, 1.54) is 43.4 Å². The maximum atomic E-state index is 4.41. The summed E-state index contributed by atoms with van der Waals surface area (Å²) < 4.78 is 0. The monoisotopic (exact) mass is 175 g/mol. The highest BCUT2D eigenvalue weighted by molar-refractivity contribution is 5.17. The number of pyridine rings is 1. The molecule has 0 aliphatic heterocycles. The van der Waals surface area contributed by atoms with Gasteiger partial charge in [0.15, 0.2) is 0 Å². The smallest absolute Gasteiger partial charge is 0.0432 e. The summed E-state index contributed by atoms with van der Waals surface area (Å²) in [7, 11) is 0. The molecule has 70 valence electrons. The third-order valence-electron chi connectivity index (χ3n) is 3.13. The molecule has 0 radical (unpaired) electrons. The van der Waals surface area contributed by atoms with Gasteiger partial charge in [-0.2, -0.15) is 0 Å². The third kappa shape index (κ3) is 2.09. The van der Waals surface area contributed by atoms with Crippen molar-refractivity contribution in [3.63, 3.8) is 0 Å². The van der Waals surface area contributed by atoms with Gasteiger partial charge in [-0.15, -0.1) is 0 Å². The summed E-state index contributed by atoms with van der Waals surface area (Å²) in [5, 5.41) is 0. The van der Waals surface area contributed by atoms with Gasteiger partial charge in [0.2, 0.25) is 0 Å². The summed E-state index contributed by atoms with van der Waals surface area (Å²) in [5.41, 5.74) is 2.65. The Morgan fingerprint density at radius 2 is 2.31 bits per heavy atom. The fourth-order valence-corrected chi connectivity index (χ4v) is 1.90. The first-order valence-electron chi connectivity index (χ1n) is 5.27. The number of aryl methyl sites for hydroxylation is 2. The number of hydrogen-bond acceptors (Lipinski definition) is 1. The van der Waals surface area contributed by atoms with Crippen LogP contribution in [-0.2, 0) is 6.42 Å². The molecule has 1 nitrogen and oxygen atoms in total. The molecule has 0 saturated heterocycles. The lowest BCUT2D eigenvalue weighted by atomic mass is 9.81. The van der Waals surface area contributed by atoms with E-state index in [1.54, 1.807) is 0 Å². The number of nitrogens with zero attached hydrogens (tertiary/aromatic N) is 1. The van der Waals surface area contributed by atoms with Crippen LogP contribution in [0.3, 0.4) is 0 Å². The highest BCUT2D eigenvalue weighted by Gasteiger charge is 2.17. The van der Waals surface area contributed by atoms with Crippen LogP contribution in [0.15, 0.2) is 18.3 Å². The second kappa shape index (κ2) is 3.91. The first-order chi connectivity index (χ1) is 6.36. The lowest BCUT2D eigenvalue weighted by molar-refractivity contribution is 0.295. The zero-order valence-electron chi connectivity index (χ0n) is 8.29. The summed E-state index contributed by atoms with van der Waals surface area (Å²) >= 11 is 0. The van der Waals surface area contributed by atoms with Crippen molar-refractivity contribution in [2.45, 2.75) is 39.0 Å². The minimum absolute atomic E-state index is 1.00. The average Bonchev–Trinajstić information content (AvgIpc) is 2.05. The highest BCUT2D eigenvalue weighted by atomic mass is 14.7. The topological polar surface area (TPSA) is 12.9 Å². The Balaban J connectivity index is 1.89. The molecule has 0 spiro atoms. The van der Waals surface area contributed by atoms with Crippen LogP contribution < -0.4 is 0 Å². The molecule has 1 saturated carbocycles. The van der Waals surface area contributed by atoms with Crippen molar-refractivity contribution in [2.24, 2.45) is 5.92 Å².